The number of amides is 2. The number of ether oxygens (including phenoxy) is 1. The number of aromatic nitrogens is 1. The number of phenolic OH excluding ortho intramolecular Hbond substituents is 1. The van der Waals surface area contributed by atoms with Crippen LogP contribution >= 0.6 is 11.3 Å². The second kappa shape index (κ2) is 19.3. The highest BCUT2D eigenvalue weighted by molar-refractivity contribution is 7.09. The molecule has 0 aliphatic rings. The molecule has 0 bridgehead atoms. The second-order valence-electron chi connectivity index (χ2n) is 13.0. The van der Waals surface area contributed by atoms with Crippen molar-refractivity contribution in [3.63, 3.8) is 0 Å². The number of benzene rings is 1. The number of rotatable bonds is 21. The molecule has 11 nitrogen and oxygen atoms in total. The van der Waals surface area contributed by atoms with Gasteiger partial charge in [-0.25, -0.2) is 10.0 Å². The maximum absolute atomic E-state index is 13.5. The molecule has 1 aromatic carbocycles. The molecule has 3 unspecified atom stereocenters. The summed E-state index contributed by atoms with van der Waals surface area (Å²) in [5, 5.41) is 25.8. The number of esters is 1. The largest absolute Gasteiger partial charge is 0.508 e. The first-order chi connectivity index (χ1) is 22.2. The van der Waals surface area contributed by atoms with Gasteiger partial charge >= 0.3 is 11.9 Å². The molecule has 47 heavy (non-hydrogen) atoms. The summed E-state index contributed by atoms with van der Waals surface area (Å²) < 4.78 is 5.72. The van der Waals surface area contributed by atoms with Crippen LogP contribution in [0.3, 0.4) is 0 Å². The number of carboxylic acids is 1. The summed E-state index contributed by atoms with van der Waals surface area (Å²) in [5.41, 5.74) is -0.190. The van der Waals surface area contributed by atoms with E-state index >= 15 is 0 Å². The van der Waals surface area contributed by atoms with Crippen molar-refractivity contribution in [2.75, 3.05) is 6.61 Å². The molecular weight excluding hydrogens is 622 g/mol. The summed E-state index contributed by atoms with van der Waals surface area (Å²) >= 11 is 1.18. The van der Waals surface area contributed by atoms with E-state index in [0.717, 1.165) is 37.7 Å². The van der Waals surface area contributed by atoms with Crippen LogP contribution in [0.5, 0.6) is 5.75 Å². The lowest BCUT2D eigenvalue weighted by atomic mass is 9.84. The Labute approximate surface area is 283 Å². The number of hydrogen-bond acceptors (Lipinski definition) is 9. The maximum atomic E-state index is 13.5. The molecule has 0 fully saturated rings. The monoisotopic (exact) mass is 675 g/mol. The van der Waals surface area contributed by atoms with Crippen molar-refractivity contribution in [1.82, 2.24) is 15.4 Å². The van der Waals surface area contributed by atoms with Gasteiger partial charge in [-0.1, -0.05) is 59.1 Å². The third kappa shape index (κ3) is 13.3. The minimum Gasteiger partial charge on any atom is -0.508 e. The lowest BCUT2D eigenvalue weighted by molar-refractivity contribution is -0.210. The van der Waals surface area contributed by atoms with E-state index in [9.17, 15) is 29.4 Å². The highest BCUT2D eigenvalue weighted by atomic mass is 32.1. The van der Waals surface area contributed by atoms with Gasteiger partial charge in [-0.3, -0.25) is 24.0 Å². The summed E-state index contributed by atoms with van der Waals surface area (Å²) in [4.78, 5) is 61.6. The fourth-order valence-electron chi connectivity index (χ4n) is 5.16. The number of phenols is 1. The van der Waals surface area contributed by atoms with Crippen LogP contribution < -0.4 is 5.32 Å². The molecule has 262 valence electrons. The quantitative estimate of drug-likeness (QED) is 0.0732. The Kier molecular flexibility index (Phi) is 16.3. The molecule has 3 atom stereocenters. The zero-order valence-corrected chi connectivity index (χ0v) is 29.7. The third-order valence-corrected chi connectivity index (χ3v) is 8.86. The van der Waals surface area contributed by atoms with Crippen molar-refractivity contribution in [3.05, 3.63) is 45.9 Å². The van der Waals surface area contributed by atoms with Gasteiger partial charge in [0.1, 0.15) is 16.5 Å². The number of nitrogens with one attached hydrogen (secondary N) is 1. The van der Waals surface area contributed by atoms with Crippen LogP contribution in [-0.4, -0.2) is 62.7 Å². The van der Waals surface area contributed by atoms with Crippen LogP contribution in [0.15, 0.2) is 29.6 Å². The Bertz CT molecular complexity index is 1290. The highest BCUT2D eigenvalue weighted by Gasteiger charge is 2.34. The molecular formula is C35H53N3O8S. The predicted octanol–water partition coefficient (Wildman–Crippen LogP) is 6.85. The van der Waals surface area contributed by atoms with Crippen LogP contribution in [-0.2, 0) is 30.4 Å². The number of aliphatic carboxylic acids is 1. The summed E-state index contributed by atoms with van der Waals surface area (Å²) in [6.45, 7) is 13.0. The summed E-state index contributed by atoms with van der Waals surface area (Å²) in [6.07, 6.45) is 4.64. The van der Waals surface area contributed by atoms with Crippen molar-refractivity contribution in [3.8, 4) is 5.75 Å². The van der Waals surface area contributed by atoms with E-state index in [0.29, 0.717) is 24.5 Å². The maximum Gasteiger partial charge on any atom is 0.309 e. The molecule has 2 amide bonds. The molecule has 2 aromatic rings. The van der Waals surface area contributed by atoms with E-state index in [1.807, 2.05) is 20.8 Å². The Hall–Kier alpha value is -3.51. The SMILES string of the molecule is CCCCCON(C(=O)CCCC)C(CC(OC(C)=O)c1nc(C(=O)NC(Cc2ccc(O)cc2)CC(C)(C)C(=O)O)cs1)C(C)C. The Balaban J connectivity index is 2.33. The van der Waals surface area contributed by atoms with Crippen LogP contribution in [0.1, 0.15) is 127 Å². The van der Waals surface area contributed by atoms with Crippen LogP contribution in [0, 0.1) is 11.3 Å². The first-order valence-electron chi connectivity index (χ1n) is 16.6. The molecule has 12 heteroatoms. The standard InChI is InChI=1S/C35H53N3O8S/c1-8-10-12-18-45-38(31(41)13-11-9-2)29(23(3)4)20-30(46-24(5)39)33-37-28(22-47-33)32(42)36-26(21-35(6,7)34(43)44)19-25-14-16-27(40)17-15-25/h14-17,22-23,26,29-30,40H,8-13,18-21H2,1-7H3,(H,36,42)(H,43,44). The Morgan fingerprint density at radius 2 is 1.70 bits per heavy atom. The molecule has 0 saturated heterocycles. The van der Waals surface area contributed by atoms with Crippen LogP contribution in [0.2, 0.25) is 0 Å². The normalized spacial score (nSPS) is 13.5. The molecule has 0 radical (unpaired) electrons. The number of nitrogens with zero attached hydrogens (tertiary/aromatic N) is 2. The number of aromatic hydroxyl groups is 1. The number of hydrogen-bond donors (Lipinski definition) is 3. The zero-order valence-electron chi connectivity index (χ0n) is 28.9. The van der Waals surface area contributed by atoms with E-state index in [1.54, 1.807) is 31.4 Å². The molecule has 2 rings (SSSR count). The van der Waals surface area contributed by atoms with Gasteiger partial charge in [0.15, 0.2) is 6.10 Å². The zero-order chi connectivity index (χ0) is 35.1. The van der Waals surface area contributed by atoms with E-state index in [2.05, 4.69) is 17.2 Å². The summed E-state index contributed by atoms with van der Waals surface area (Å²) in [5.74, 6) is -2.04. The average molecular weight is 676 g/mol. The van der Waals surface area contributed by atoms with Crippen molar-refractivity contribution < 1.29 is 39.0 Å². The lowest BCUT2D eigenvalue weighted by Gasteiger charge is -2.35. The summed E-state index contributed by atoms with van der Waals surface area (Å²) in [7, 11) is 0. The number of carbonyl (C=O) groups excluding carboxylic acids is 3. The van der Waals surface area contributed by atoms with Gasteiger partial charge in [-0.2, -0.15) is 0 Å². The average Bonchev–Trinajstić information content (AvgIpc) is 3.50. The third-order valence-electron chi connectivity index (χ3n) is 7.92. The van der Waals surface area contributed by atoms with Crippen molar-refractivity contribution >= 4 is 35.1 Å². The van der Waals surface area contributed by atoms with Crippen LogP contribution in [0.4, 0.5) is 0 Å². The van der Waals surface area contributed by atoms with Crippen molar-refractivity contribution in [1.29, 1.82) is 0 Å². The van der Waals surface area contributed by atoms with E-state index < -0.39 is 41.4 Å². The molecule has 0 aliphatic carbocycles. The van der Waals surface area contributed by atoms with Crippen LogP contribution in [0.25, 0.3) is 0 Å². The topological polar surface area (TPSA) is 155 Å². The Morgan fingerprint density at radius 3 is 2.28 bits per heavy atom. The van der Waals surface area contributed by atoms with Gasteiger partial charge in [0.25, 0.3) is 5.91 Å². The smallest absolute Gasteiger partial charge is 0.309 e. The van der Waals surface area contributed by atoms with E-state index in [1.165, 1.54) is 35.5 Å². The highest BCUT2D eigenvalue weighted by Crippen LogP contribution is 2.32. The minimum atomic E-state index is -1.12. The van der Waals surface area contributed by atoms with Gasteiger partial charge in [0, 0.05) is 31.2 Å². The molecule has 0 aliphatic heterocycles. The van der Waals surface area contributed by atoms with Gasteiger partial charge < -0.3 is 20.3 Å². The molecule has 1 aromatic heterocycles. The lowest BCUT2D eigenvalue weighted by Crippen LogP contribution is -2.44. The predicted molar refractivity (Wildman–Crippen MR) is 181 cm³/mol. The first-order valence-corrected chi connectivity index (χ1v) is 17.5. The van der Waals surface area contributed by atoms with Gasteiger partial charge in [-0.15, -0.1) is 11.3 Å². The number of unbranched alkanes of at least 4 members (excludes halogenated alkanes) is 3. The van der Waals surface area contributed by atoms with E-state index in [-0.39, 0.29) is 36.1 Å². The summed E-state index contributed by atoms with van der Waals surface area (Å²) in [6, 6.07) is 5.56. The van der Waals surface area contributed by atoms with Crippen molar-refractivity contribution in [2.24, 2.45) is 11.3 Å². The minimum absolute atomic E-state index is 0.0363. The van der Waals surface area contributed by atoms with Crippen molar-refractivity contribution in [2.45, 2.75) is 124 Å². The molecule has 1 heterocycles. The molecule has 3 N–H and O–H groups in total. The number of carboxylic acid groups (broad SMARTS) is 1. The molecule has 0 saturated carbocycles. The second-order valence-corrected chi connectivity index (χ2v) is 13.9. The number of hydroxylamine groups is 2. The fraction of sp³-hybridized carbons (Fsp3) is 0.629. The number of carbonyl (C=O) groups is 4. The first kappa shape index (κ1) is 39.7. The van der Waals surface area contributed by atoms with Gasteiger partial charge in [0.2, 0.25) is 5.91 Å². The number of thiazole rings is 1. The van der Waals surface area contributed by atoms with Gasteiger partial charge in [-0.05, 0) is 63.1 Å². The molecule has 0 spiro atoms. The Morgan fingerprint density at radius 1 is 1.04 bits per heavy atom. The van der Waals surface area contributed by atoms with Gasteiger partial charge in [0.05, 0.1) is 18.1 Å². The fourth-order valence-corrected chi connectivity index (χ4v) is 6.00. The van der Waals surface area contributed by atoms with E-state index in [4.69, 9.17) is 9.57 Å².